The first kappa shape index (κ1) is 11.6. The molecule has 0 aliphatic carbocycles. The van der Waals surface area contributed by atoms with E-state index in [2.05, 4.69) is 4.98 Å². The monoisotopic (exact) mass is 234 g/mol. The SMILES string of the molecule is CCn1c(COC)nc2cc(C(=O)O)ccc21. The van der Waals surface area contributed by atoms with Gasteiger partial charge in [-0.25, -0.2) is 9.78 Å². The van der Waals surface area contributed by atoms with Crippen molar-refractivity contribution < 1.29 is 14.6 Å². The lowest BCUT2D eigenvalue weighted by atomic mass is 10.2. The van der Waals surface area contributed by atoms with Crippen LogP contribution in [-0.2, 0) is 17.9 Å². The van der Waals surface area contributed by atoms with Crippen LogP contribution in [-0.4, -0.2) is 27.7 Å². The van der Waals surface area contributed by atoms with Crippen molar-refractivity contribution in [2.75, 3.05) is 7.11 Å². The van der Waals surface area contributed by atoms with Gasteiger partial charge >= 0.3 is 5.97 Å². The molecule has 2 aromatic rings. The van der Waals surface area contributed by atoms with Gasteiger partial charge in [-0.3, -0.25) is 0 Å². The second-order valence-electron chi connectivity index (χ2n) is 3.71. The number of hydrogen-bond acceptors (Lipinski definition) is 3. The molecule has 1 aromatic carbocycles. The number of methoxy groups -OCH3 is 1. The van der Waals surface area contributed by atoms with Gasteiger partial charge in [-0.15, -0.1) is 0 Å². The van der Waals surface area contributed by atoms with E-state index in [-0.39, 0.29) is 5.56 Å². The fraction of sp³-hybridized carbons (Fsp3) is 0.333. The summed E-state index contributed by atoms with van der Waals surface area (Å²) >= 11 is 0. The Morgan fingerprint density at radius 2 is 2.29 bits per heavy atom. The smallest absolute Gasteiger partial charge is 0.335 e. The number of hydrogen-bond donors (Lipinski definition) is 1. The first-order valence-electron chi connectivity index (χ1n) is 5.38. The zero-order chi connectivity index (χ0) is 12.4. The number of aromatic carboxylic acids is 1. The predicted molar refractivity (Wildman–Crippen MR) is 63.1 cm³/mol. The Hall–Kier alpha value is -1.88. The minimum atomic E-state index is -0.939. The maximum atomic E-state index is 10.9. The summed E-state index contributed by atoms with van der Waals surface area (Å²) in [7, 11) is 1.61. The quantitative estimate of drug-likeness (QED) is 0.877. The Morgan fingerprint density at radius 3 is 2.88 bits per heavy atom. The highest BCUT2D eigenvalue weighted by molar-refractivity contribution is 5.92. The van der Waals surface area contributed by atoms with E-state index in [1.807, 2.05) is 11.5 Å². The van der Waals surface area contributed by atoms with Crippen molar-refractivity contribution in [2.24, 2.45) is 0 Å². The molecule has 0 aliphatic rings. The van der Waals surface area contributed by atoms with Crippen molar-refractivity contribution in [1.29, 1.82) is 0 Å². The average Bonchev–Trinajstić information content (AvgIpc) is 2.65. The minimum absolute atomic E-state index is 0.252. The van der Waals surface area contributed by atoms with E-state index in [1.165, 1.54) is 0 Å². The summed E-state index contributed by atoms with van der Waals surface area (Å²) in [5.74, 6) is -0.126. The number of aromatic nitrogens is 2. The Morgan fingerprint density at radius 1 is 1.53 bits per heavy atom. The number of benzene rings is 1. The van der Waals surface area contributed by atoms with Crippen molar-refractivity contribution in [2.45, 2.75) is 20.1 Å². The van der Waals surface area contributed by atoms with Crippen LogP contribution in [0.15, 0.2) is 18.2 Å². The molecule has 0 atom stereocenters. The van der Waals surface area contributed by atoms with Gasteiger partial charge < -0.3 is 14.4 Å². The second-order valence-corrected chi connectivity index (χ2v) is 3.71. The van der Waals surface area contributed by atoms with Gasteiger partial charge in [0.15, 0.2) is 0 Å². The highest BCUT2D eigenvalue weighted by Crippen LogP contribution is 2.18. The van der Waals surface area contributed by atoms with Crippen molar-refractivity contribution in [3.05, 3.63) is 29.6 Å². The first-order chi connectivity index (χ1) is 8.17. The van der Waals surface area contributed by atoms with Crippen LogP contribution < -0.4 is 0 Å². The highest BCUT2D eigenvalue weighted by atomic mass is 16.5. The number of fused-ring (bicyclic) bond motifs is 1. The molecule has 0 spiro atoms. The maximum Gasteiger partial charge on any atom is 0.335 e. The zero-order valence-corrected chi connectivity index (χ0v) is 9.80. The van der Waals surface area contributed by atoms with Crippen LogP contribution in [0.2, 0.25) is 0 Å². The molecular formula is C12H14N2O3. The van der Waals surface area contributed by atoms with Crippen molar-refractivity contribution >= 4 is 17.0 Å². The van der Waals surface area contributed by atoms with Crippen LogP contribution in [0.25, 0.3) is 11.0 Å². The summed E-state index contributed by atoms with van der Waals surface area (Å²) in [6.07, 6.45) is 0. The van der Waals surface area contributed by atoms with Crippen LogP contribution in [0.3, 0.4) is 0 Å². The van der Waals surface area contributed by atoms with E-state index in [1.54, 1.807) is 25.3 Å². The molecule has 17 heavy (non-hydrogen) atoms. The molecule has 90 valence electrons. The summed E-state index contributed by atoms with van der Waals surface area (Å²) in [5.41, 5.74) is 1.88. The number of nitrogens with zero attached hydrogens (tertiary/aromatic N) is 2. The highest BCUT2D eigenvalue weighted by Gasteiger charge is 2.11. The Bertz CT molecular complexity index is 560. The third-order valence-electron chi connectivity index (χ3n) is 2.66. The molecule has 0 bridgehead atoms. The Kier molecular flexibility index (Phi) is 3.10. The van der Waals surface area contributed by atoms with Crippen molar-refractivity contribution in [3.63, 3.8) is 0 Å². The van der Waals surface area contributed by atoms with E-state index in [9.17, 15) is 4.79 Å². The number of aryl methyl sites for hydroxylation is 1. The van der Waals surface area contributed by atoms with Gasteiger partial charge in [0.05, 0.1) is 16.6 Å². The molecule has 0 saturated carbocycles. The molecule has 5 heteroatoms. The third kappa shape index (κ3) is 2.01. The number of carboxylic acid groups (broad SMARTS) is 1. The Balaban J connectivity index is 2.60. The molecule has 0 saturated heterocycles. The van der Waals surface area contributed by atoms with Gasteiger partial charge in [-0.1, -0.05) is 0 Å². The molecule has 2 rings (SSSR count). The van der Waals surface area contributed by atoms with Crippen LogP contribution in [0.1, 0.15) is 23.1 Å². The average molecular weight is 234 g/mol. The van der Waals surface area contributed by atoms with Crippen LogP contribution >= 0.6 is 0 Å². The predicted octanol–water partition coefficient (Wildman–Crippen LogP) is 1.90. The maximum absolute atomic E-state index is 10.9. The Labute approximate surface area is 98.6 Å². The summed E-state index contributed by atoms with van der Waals surface area (Å²) < 4.78 is 7.10. The van der Waals surface area contributed by atoms with Gasteiger partial charge in [-0.05, 0) is 25.1 Å². The number of imidazole rings is 1. The molecule has 0 fully saturated rings. The normalized spacial score (nSPS) is 10.9. The molecule has 1 heterocycles. The summed E-state index contributed by atoms with van der Waals surface area (Å²) in [6, 6.07) is 4.96. The minimum Gasteiger partial charge on any atom is -0.478 e. The number of rotatable bonds is 4. The van der Waals surface area contributed by atoms with Gasteiger partial charge in [0, 0.05) is 13.7 Å². The number of ether oxygens (including phenoxy) is 1. The molecule has 1 aromatic heterocycles. The summed E-state index contributed by atoms with van der Waals surface area (Å²) in [4.78, 5) is 15.3. The largest absolute Gasteiger partial charge is 0.478 e. The van der Waals surface area contributed by atoms with Gasteiger partial charge in [0.1, 0.15) is 12.4 Å². The van der Waals surface area contributed by atoms with Crippen molar-refractivity contribution in [3.8, 4) is 0 Å². The standard InChI is InChI=1S/C12H14N2O3/c1-3-14-10-5-4-8(12(15)16)6-9(10)13-11(14)7-17-2/h4-6H,3,7H2,1-2H3,(H,15,16). The number of carboxylic acids is 1. The topological polar surface area (TPSA) is 64.4 Å². The molecule has 0 unspecified atom stereocenters. The van der Waals surface area contributed by atoms with E-state index < -0.39 is 5.97 Å². The molecular weight excluding hydrogens is 220 g/mol. The molecule has 5 nitrogen and oxygen atoms in total. The van der Waals surface area contributed by atoms with Gasteiger partial charge in [0.25, 0.3) is 0 Å². The lowest BCUT2D eigenvalue weighted by Crippen LogP contribution is -2.02. The first-order valence-corrected chi connectivity index (χ1v) is 5.38. The lowest BCUT2D eigenvalue weighted by molar-refractivity contribution is 0.0697. The van der Waals surface area contributed by atoms with Gasteiger partial charge in [-0.2, -0.15) is 0 Å². The van der Waals surface area contributed by atoms with Crippen LogP contribution in [0, 0.1) is 0 Å². The molecule has 0 radical (unpaired) electrons. The summed E-state index contributed by atoms with van der Waals surface area (Å²) in [5, 5.41) is 8.92. The fourth-order valence-electron chi connectivity index (χ4n) is 1.90. The molecule has 1 N–H and O–H groups in total. The fourth-order valence-corrected chi connectivity index (χ4v) is 1.90. The zero-order valence-electron chi connectivity index (χ0n) is 9.80. The molecule has 0 amide bonds. The van der Waals surface area contributed by atoms with Crippen LogP contribution in [0.4, 0.5) is 0 Å². The lowest BCUT2D eigenvalue weighted by Gasteiger charge is -2.04. The van der Waals surface area contributed by atoms with E-state index in [4.69, 9.17) is 9.84 Å². The van der Waals surface area contributed by atoms with Crippen molar-refractivity contribution in [1.82, 2.24) is 9.55 Å². The van der Waals surface area contributed by atoms with E-state index >= 15 is 0 Å². The number of carbonyl (C=O) groups is 1. The summed E-state index contributed by atoms with van der Waals surface area (Å²) in [6.45, 7) is 3.22. The third-order valence-corrected chi connectivity index (χ3v) is 2.66. The van der Waals surface area contributed by atoms with Gasteiger partial charge in [0.2, 0.25) is 0 Å². The molecule has 0 aliphatic heterocycles. The second kappa shape index (κ2) is 4.55. The van der Waals surface area contributed by atoms with E-state index in [0.717, 1.165) is 17.9 Å². The van der Waals surface area contributed by atoms with Crippen LogP contribution in [0.5, 0.6) is 0 Å². The van der Waals surface area contributed by atoms with E-state index in [0.29, 0.717) is 12.1 Å².